The number of aromatic nitrogens is 2. The van der Waals surface area contributed by atoms with Gasteiger partial charge in [0, 0.05) is 25.2 Å². The number of carbonyl (C=O) groups excluding carboxylic acids is 1. The van der Waals surface area contributed by atoms with Crippen molar-refractivity contribution in [1.82, 2.24) is 14.7 Å². The smallest absolute Gasteiger partial charge is 0.198 e. The van der Waals surface area contributed by atoms with Crippen LogP contribution in [-0.2, 0) is 11.3 Å². The molecule has 2 aromatic carbocycles. The molecule has 1 saturated heterocycles. The molecule has 7 heteroatoms. The molecule has 0 aliphatic carbocycles. The maximum absolute atomic E-state index is 13.1. The third-order valence-corrected chi connectivity index (χ3v) is 4.82. The zero-order valence-corrected chi connectivity index (χ0v) is 16.8. The van der Waals surface area contributed by atoms with Gasteiger partial charge in [-0.05, 0) is 35.9 Å². The summed E-state index contributed by atoms with van der Waals surface area (Å²) in [4.78, 5) is 15.3. The summed E-state index contributed by atoms with van der Waals surface area (Å²) >= 11 is 0. The Morgan fingerprint density at radius 1 is 1.13 bits per heavy atom. The molecule has 0 bridgehead atoms. The Morgan fingerprint density at radius 2 is 1.83 bits per heavy atom. The molecule has 0 unspecified atom stereocenters. The Bertz CT molecular complexity index is 995. The molecule has 1 aliphatic rings. The highest BCUT2D eigenvalue weighted by Gasteiger charge is 2.19. The van der Waals surface area contributed by atoms with Crippen LogP contribution < -0.4 is 5.73 Å². The first-order valence-corrected chi connectivity index (χ1v) is 9.65. The Balaban J connectivity index is 0.00000124. The zero-order valence-electron chi connectivity index (χ0n) is 16.8. The van der Waals surface area contributed by atoms with E-state index in [9.17, 15) is 9.18 Å². The number of nitrogen functional groups attached to an aromatic ring is 1. The minimum absolute atomic E-state index is 0.185. The molecule has 1 aromatic heterocycles. The van der Waals surface area contributed by atoms with Gasteiger partial charge in [-0.25, -0.2) is 9.07 Å². The van der Waals surface area contributed by atoms with Gasteiger partial charge in [0.1, 0.15) is 11.6 Å². The van der Waals surface area contributed by atoms with Gasteiger partial charge in [0.2, 0.25) is 0 Å². The number of morpholine rings is 1. The van der Waals surface area contributed by atoms with E-state index in [1.165, 1.54) is 23.0 Å². The summed E-state index contributed by atoms with van der Waals surface area (Å²) in [6, 6.07) is 13.3. The SMILES string of the molecule is C=C.Nc1c(C(=O)c2cccc(CN3CCOCC3)c2)cnn1-c1ccc(F)cc1. The van der Waals surface area contributed by atoms with Crippen molar-refractivity contribution in [3.63, 3.8) is 0 Å². The predicted octanol–water partition coefficient (Wildman–Crippen LogP) is 3.46. The summed E-state index contributed by atoms with van der Waals surface area (Å²) in [5.74, 6) is -0.298. The predicted molar refractivity (Wildman–Crippen MR) is 115 cm³/mol. The zero-order chi connectivity index (χ0) is 21.5. The molecule has 0 spiro atoms. The van der Waals surface area contributed by atoms with Crippen LogP contribution in [0.3, 0.4) is 0 Å². The van der Waals surface area contributed by atoms with Crippen molar-refractivity contribution in [2.45, 2.75) is 6.54 Å². The standard InChI is InChI=1S/C21H21FN4O2.C2H4/c22-17-4-6-18(7-5-17)26-21(23)19(13-24-26)20(27)16-3-1-2-15(12-16)14-25-8-10-28-11-9-25;1-2/h1-7,12-13H,8-11,14,23H2;1-2H2. The summed E-state index contributed by atoms with van der Waals surface area (Å²) in [5, 5.41) is 4.20. The average molecular weight is 408 g/mol. The Hall–Kier alpha value is -3.29. The maximum atomic E-state index is 13.1. The van der Waals surface area contributed by atoms with Gasteiger partial charge in [-0.2, -0.15) is 5.10 Å². The van der Waals surface area contributed by atoms with E-state index in [0.717, 1.165) is 38.4 Å². The fourth-order valence-electron chi connectivity index (χ4n) is 3.30. The van der Waals surface area contributed by atoms with Gasteiger partial charge in [-0.3, -0.25) is 9.69 Å². The number of rotatable bonds is 5. The van der Waals surface area contributed by atoms with E-state index in [2.05, 4.69) is 23.2 Å². The maximum Gasteiger partial charge on any atom is 0.198 e. The number of nitrogens with two attached hydrogens (primary N) is 1. The van der Waals surface area contributed by atoms with Gasteiger partial charge in [-0.15, -0.1) is 13.2 Å². The summed E-state index contributed by atoms with van der Waals surface area (Å²) < 4.78 is 19.9. The lowest BCUT2D eigenvalue weighted by Gasteiger charge is -2.26. The van der Waals surface area contributed by atoms with Crippen LogP contribution in [0, 0.1) is 5.82 Å². The number of hydrogen-bond acceptors (Lipinski definition) is 5. The molecule has 6 nitrogen and oxygen atoms in total. The molecule has 2 N–H and O–H groups in total. The number of carbonyl (C=O) groups is 1. The van der Waals surface area contributed by atoms with Crippen LogP contribution in [0.2, 0.25) is 0 Å². The minimum atomic E-state index is -0.345. The number of ketones is 1. The molecule has 3 aromatic rings. The van der Waals surface area contributed by atoms with Crippen molar-refractivity contribution in [2.24, 2.45) is 0 Å². The number of anilines is 1. The summed E-state index contributed by atoms with van der Waals surface area (Å²) in [7, 11) is 0. The molecule has 30 heavy (non-hydrogen) atoms. The number of halogens is 1. The largest absolute Gasteiger partial charge is 0.383 e. The van der Waals surface area contributed by atoms with Gasteiger partial charge in [0.25, 0.3) is 0 Å². The van der Waals surface area contributed by atoms with Crippen molar-refractivity contribution in [1.29, 1.82) is 0 Å². The van der Waals surface area contributed by atoms with Crippen LogP contribution in [0.5, 0.6) is 0 Å². The van der Waals surface area contributed by atoms with E-state index >= 15 is 0 Å². The second-order valence-electron chi connectivity index (χ2n) is 6.75. The lowest BCUT2D eigenvalue weighted by molar-refractivity contribution is 0.0342. The Morgan fingerprint density at radius 3 is 2.53 bits per heavy atom. The molecule has 0 amide bonds. The van der Waals surface area contributed by atoms with E-state index in [-0.39, 0.29) is 17.4 Å². The summed E-state index contributed by atoms with van der Waals surface area (Å²) in [6.45, 7) is 10.0. The van der Waals surface area contributed by atoms with Crippen LogP contribution in [0.25, 0.3) is 5.69 Å². The van der Waals surface area contributed by atoms with E-state index < -0.39 is 0 Å². The lowest BCUT2D eigenvalue weighted by atomic mass is 10.0. The second kappa shape index (κ2) is 9.96. The molecule has 4 rings (SSSR count). The second-order valence-corrected chi connectivity index (χ2v) is 6.75. The van der Waals surface area contributed by atoms with E-state index in [1.54, 1.807) is 18.2 Å². The van der Waals surface area contributed by atoms with Crippen molar-refractivity contribution in [3.05, 3.63) is 90.4 Å². The van der Waals surface area contributed by atoms with Crippen molar-refractivity contribution >= 4 is 11.6 Å². The first-order chi connectivity index (χ1) is 14.6. The third-order valence-electron chi connectivity index (χ3n) is 4.82. The van der Waals surface area contributed by atoms with Crippen LogP contribution in [0.4, 0.5) is 10.2 Å². The summed E-state index contributed by atoms with van der Waals surface area (Å²) in [6.07, 6.45) is 1.45. The quantitative estimate of drug-likeness (QED) is 0.517. The van der Waals surface area contributed by atoms with Gasteiger partial charge in [-0.1, -0.05) is 18.2 Å². The topological polar surface area (TPSA) is 73.4 Å². The van der Waals surface area contributed by atoms with Gasteiger partial charge in [0.05, 0.1) is 30.7 Å². The van der Waals surface area contributed by atoms with Crippen molar-refractivity contribution in [3.8, 4) is 5.69 Å². The number of hydrogen-bond donors (Lipinski definition) is 1. The normalized spacial score (nSPS) is 14.0. The van der Waals surface area contributed by atoms with Crippen LogP contribution >= 0.6 is 0 Å². The highest BCUT2D eigenvalue weighted by Crippen LogP contribution is 2.21. The minimum Gasteiger partial charge on any atom is -0.383 e. The fourth-order valence-corrected chi connectivity index (χ4v) is 3.30. The fraction of sp³-hybridized carbons (Fsp3) is 0.217. The van der Waals surface area contributed by atoms with E-state index in [1.807, 2.05) is 18.2 Å². The molecular weight excluding hydrogens is 383 g/mol. The monoisotopic (exact) mass is 408 g/mol. The highest BCUT2D eigenvalue weighted by atomic mass is 19.1. The first-order valence-electron chi connectivity index (χ1n) is 9.65. The van der Waals surface area contributed by atoms with Crippen molar-refractivity contribution in [2.75, 3.05) is 32.0 Å². The third kappa shape index (κ3) is 4.82. The van der Waals surface area contributed by atoms with E-state index in [4.69, 9.17) is 10.5 Å². The number of nitrogens with zero attached hydrogens (tertiary/aromatic N) is 3. The van der Waals surface area contributed by atoms with Crippen LogP contribution in [-0.4, -0.2) is 46.8 Å². The molecule has 1 aliphatic heterocycles. The molecule has 2 heterocycles. The molecule has 0 atom stereocenters. The number of benzene rings is 2. The molecule has 0 saturated carbocycles. The summed E-state index contributed by atoms with van der Waals surface area (Å²) in [5.41, 5.74) is 8.72. The Kier molecular flexibility index (Phi) is 7.11. The average Bonchev–Trinajstić information content (AvgIpc) is 3.17. The first kappa shape index (κ1) is 21.4. The highest BCUT2D eigenvalue weighted by molar-refractivity contribution is 6.11. The van der Waals surface area contributed by atoms with E-state index in [0.29, 0.717) is 16.8 Å². The van der Waals surface area contributed by atoms with Crippen LogP contribution in [0.15, 0.2) is 67.9 Å². The molecule has 0 radical (unpaired) electrons. The lowest BCUT2D eigenvalue weighted by Crippen LogP contribution is -2.35. The van der Waals surface area contributed by atoms with Gasteiger partial charge < -0.3 is 10.5 Å². The van der Waals surface area contributed by atoms with Crippen molar-refractivity contribution < 1.29 is 13.9 Å². The van der Waals surface area contributed by atoms with Crippen LogP contribution in [0.1, 0.15) is 21.5 Å². The Labute approximate surface area is 175 Å². The number of ether oxygens (including phenoxy) is 1. The van der Waals surface area contributed by atoms with Gasteiger partial charge >= 0.3 is 0 Å². The molecule has 1 fully saturated rings. The van der Waals surface area contributed by atoms with Gasteiger partial charge in [0.15, 0.2) is 5.78 Å². The molecular formula is C23H25FN4O2. The molecule has 156 valence electrons.